The molecule has 0 saturated carbocycles. The van der Waals surface area contributed by atoms with E-state index in [-0.39, 0.29) is 11.8 Å². The van der Waals surface area contributed by atoms with Gasteiger partial charge < -0.3 is 20.7 Å². The minimum absolute atomic E-state index is 0.190. The van der Waals surface area contributed by atoms with Gasteiger partial charge in [0, 0.05) is 17.4 Å². The topological polar surface area (TPSA) is 130 Å². The predicted molar refractivity (Wildman–Crippen MR) is 68.5 cm³/mol. The molecule has 9 heteroatoms. The lowest BCUT2D eigenvalue weighted by Gasteiger charge is -1.98. The molecule has 100 valence electrons. The summed E-state index contributed by atoms with van der Waals surface area (Å²) in [5, 5.41) is 19.2. The summed E-state index contributed by atoms with van der Waals surface area (Å²) >= 11 is 5.27. The van der Waals surface area contributed by atoms with E-state index in [2.05, 4.69) is 17.9 Å². The highest BCUT2D eigenvalue weighted by Gasteiger charge is 2.20. The minimum Gasteiger partial charge on any atom is -0.480 e. The van der Waals surface area contributed by atoms with Gasteiger partial charge >= 0.3 is 11.9 Å². The Bertz CT molecular complexity index is 236. The van der Waals surface area contributed by atoms with Crippen molar-refractivity contribution in [3.8, 4) is 0 Å². The number of hydrogen-bond donors (Lipinski definition) is 5. The predicted octanol–water partition coefficient (Wildman–Crippen LogP) is -1.12. The van der Waals surface area contributed by atoms with Gasteiger partial charge in [-0.3, -0.25) is 14.9 Å². The number of carboxylic acids is 2. The molecular formula is C8H16N2O5S2. The van der Waals surface area contributed by atoms with E-state index < -0.39 is 18.0 Å². The standard InChI is InChI=1S/C4H7NO2S.C3H7NO2S.CH2O/c6-4(7)3-1-8-2-5-3;4-2(1-7)3(5)6;1-2/h3,5H,1-2H2,(H,6,7);2,7H,1,4H2,(H,5,6);1H2/t;2-;/m.0./s1. The Labute approximate surface area is 109 Å². The number of thiol groups is 1. The number of carboxylic acid groups (broad SMARTS) is 2. The molecule has 1 aliphatic rings. The number of hydrogen-bond acceptors (Lipinski definition) is 7. The zero-order valence-electron chi connectivity index (χ0n) is 9.04. The second-order valence-electron chi connectivity index (χ2n) is 2.74. The van der Waals surface area contributed by atoms with Gasteiger partial charge in [0.15, 0.2) is 0 Å². The number of thioether (sulfide) groups is 1. The normalized spacial score (nSPS) is 19.1. The van der Waals surface area contributed by atoms with Gasteiger partial charge in [0.1, 0.15) is 18.9 Å². The lowest BCUT2D eigenvalue weighted by atomic mass is 10.4. The minimum atomic E-state index is -1.00. The van der Waals surface area contributed by atoms with Crippen LogP contribution in [0.5, 0.6) is 0 Å². The fraction of sp³-hybridized carbons (Fsp3) is 0.625. The monoisotopic (exact) mass is 284 g/mol. The number of aliphatic carboxylic acids is 2. The summed E-state index contributed by atoms with van der Waals surface area (Å²) in [6.07, 6.45) is 0. The molecule has 0 radical (unpaired) electrons. The summed E-state index contributed by atoms with van der Waals surface area (Å²) in [6.45, 7) is 2.00. The van der Waals surface area contributed by atoms with Crippen molar-refractivity contribution in [2.24, 2.45) is 5.73 Å². The fourth-order valence-corrected chi connectivity index (χ4v) is 1.72. The first-order valence-electron chi connectivity index (χ1n) is 4.41. The third-order valence-corrected chi connectivity index (χ3v) is 2.86. The van der Waals surface area contributed by atoms with Crippen molar-refractivity contribution in [2.75, 3.05) is 17.4 Å². The number of rotatable bonds is 3. The molecule has 17 heavy (non-hydrogen) atoms. The average molecular weight is 284 g/mol. The summed E-state index contributed by atoms with van der Waals surface area (Å²) in [5.41, 5.74) is 4.94. The van der Waals surface area contributed by atoms with Gasteiger partial charge in [-0.05, 0) is 0 Å². The quantitative estimate of drug-likeness (QED) is 0.412. The number of carbonyl (C=O) groups is 3. The van der Waals surface area contributed by atoms with Gasteiger partial charge in [0.05, 0.1) is 0 Å². The molecular weight excluding hydrogens is 268 g/mol. The van der Waals surface area contributed by atoms with Crippen LogP contribution in [0.1, 0.15) is 0 Å². The summed E-state index contributed by atoms with van der Waals surface area (Å²) in [5.74, 6) is -0.0771. The van der Waals surface area contributed by atoms with Crippen LogP contribution in [0.4, 0.5) is 0 Å². The van der Waals surface area contributed by atoms with Crippen LogP contribution >= 0.6 is 24.4 Å². The lowest BCUT2D eigenvalue weighted by molar-refractivity contribution is -0.139. The highest BCUT2D eigenvalue weighted by atomic mass is 32.2. The first kappa shape index (κ1) is 18.6. The number of carbonyl (C=O) groups excluding carboxylic acids is 1. The van der Waals surface area contributed by atoms with Crippen LogP contribution in [0, 0.1) is 0 Å². The van der Waals surface area contributed by atoms with Crippen molar-refractivity contribution in [1.82, 2.24) is 5.32 Å². The maximum absolute atomic E-state index is 10.1. The highest BCUT2D eigenvalue weighted by Crippen LogP contribution is 2.08. The third-order valence-electron chi connectivity index (χ3n) is 1.53. The maximum Gasteiger partial charge on any atom is 0.321 e. The highest BCUT2D eigenvalue weighted by molar-refractivity contribution is 7.99. The van der Waals surface area contributed by atoms with Crippen LogP contribution in [0.3, 0.4) is 0 Å². The number of nitrogens with two attached hydrogens (primary N) is 1. The first-order valence-corrected chi connectivity index (χ1v) is 6.19. The van der Waals surface area contributed by atoms with Crippen LogP contribution in [0.15, 0.2) is 0 Å². The van der Waals surface area contributed by atoms with Crippen molar-refractivity contribution >= 4 is 43.1 Å². The van der Waals surface area contributed by atoms with Crippen LogP contribution < -0.4 is 11.1 Å². The first-order chi connectivity index (χ1) is 7.99. The summed E-state index contributed by atoms with van der Waals surface area (Å²) in [6, 6.07) is -1.12. The van der Waals surface area contributed by atoms with Crippen molar-refractivity contribution in [1.29, 1.82) is 0 Å². The van der Waals surface area contributed by atoms with Crippen molar-refractivity contribution in [2.45, 2.75) is 12.1 Å². The lowest BCUT2D eigenvalue weighted by Crippen LogP contribution is -2.32. The Morgan fingerprint density at radius 2 is 2.06 bits per heavy atom. The summed E-state index contributed by atoms with van der Waals surface area (Å²) in [7, 11) is 0. The smallest absolute Gasteiger partial charge is 0.321 e. The van der Waals surface area contributed by atoms with Crippen molar-refractivity contribution in [3.05, 3.63) is 0 Å². The molecule has 5 N–H and O–H groups in total. The molecule has 7 nitrogen and oxygen atoms in total. The fourth-order valence-electron chi connectivity index (χ4n) is 0.632. The van der Waals surface area contributed by atoms with E-state index in [1.54, 1.807) is 11.8 Å². The summed E-state index contributed by atoms with van der Waals surface area (Å²) in [4.78, 5) is 27.9. The molecule has 1 heterocycles. The number of nitrogens with one attached hydrogen (secondary N) is 1. The van der Waals surface area contributed by atoms with E-state index in [1.807, 2.05) is 6.79 Å². The Morgan fingerprint density at radius 3 is 2.18 bits per heavy atom. The largest absolute Gasteiger partial charge is 0.480 e. The molecule has 0 aromatic rings. The van der Waals surface area contributed by atoms with Gasteiger partial charge in [0.25, 0.3) is 0 Å². The molecule has 0 aliphatic carbocycles. The van der Waals surface area contributed by atoms with Crippen molar-refractivity contribution < 1.29 is 24.6 Å². The van der Waals surface area contributed by atoms with Gasteiger partial charge in [-0.25, -0.2) is 0 Å². The van der Waals surface area contributed by atoms with Gasteiger partial charge in [-0.15, -0.1) is 11.8 Å². The van der Waals surface area contributed by atoms with Crippen LogP contribution in [0.25, 0.3) is 0 Å². The van der Waals surface area contributed by atoms with E-state index in [0.29, 0.717) is 5.75 Å². The molecule has 0 spiro atoms. The molecule has 2 atom stereocenters. The van der Waals surface area contributed by atoms with E-state index in [0.717, 1.165) is 5.88 Å². The molecule has 0 aromatic heterocycles. The molecule has 1 aliphatic heterocycles. The molecule has 1 rings (SSSR count). The summed E-state index contributed by atoms with van der Waals surface area (Å²) < 4.78 is 0. The zero-order chi connectivity index (χ0) is 13.8. The maximum atomic E-state index is 10.1. The van der Waals surface area contributed by atoms with E-state index in [1.165, 1.54) is 0 Å². The molecule has 0 aromatic carbocycles. The van der Waals surface area contributed by atoms with Crippen molar-refractivity contribution in [3.63, 3.8) is 0 Å². The SMILES string of the molecule is C=O.N[C@@H](CS)C(=O)O.O=C(O)C1CSCN1. The Balaban J connectivity index is 0. The van der Waals surface area contributed by atoms with Gasteiger partial charge in [0.2, 0.25) is 0 Å². The van der Waals surface area contributed by atoms with Gasteiger partial charge in [-0.1, -0.05) is 0 Å². The Kier molecular flexibility index (Phi) is 12.8. The van der Waals surface area contributed by atoms with E-state index in [9.17, 15) is 9.59 Å². The third kappa shape index (κ3) is 10.1. The average Bonchev–Trinajstić information content (AvgIpc) is 2.85. The van der Waals surface area contributed by atoms with Crippen LogP contribution in [-0.4, -0.2) is 58.4 Å². The van der Waals surface area contributed by atoms with Crippen LogP contribution in [-0.2, 0) is 14.4 Å². The van der Waals surface area contributed by atoms with Crippen LogP contribution in [0.2, 0.25) is 0 Å². The molecule has 1 fully saturated rings. The second-order valence-corrected chi connectivity index (χ2v) is 4.13. The zero-order valence-corrected chi connectivity index (χ0v) is 10.7. The van der Waals surface area contributed by atoms with Gasteiger partial charge in [-0.2, -0.15) is 12.6 Å². The van der Waals surface area contributed by atoms with E-state index in [4.69, 9.17) is 20.7 Å². The molecule has 0 amide bonds. The van der Waals surface area contributed by atoms with E-state index >= 15 is 0 Å². The Hall–Kier alpha value is -0.770. The molecule has 1 saturated heterocycles. The Morgan fingerprint density at radius 1 is 1.53 bits per heavy atom. The molecule has 1 unspecified atom stereocenters. The molecule has 0 bridgehead atoms. The second kappa shape index (κ2) is 11.7.